The van der Waals surface area contributed by atoms with Crippen molar-refractivity contribution in [3.05, 3.63) is 48.0 Å². The van der Waals surface area contributed by atoms with Gasteiger partial charge in [0.25, 0.3) is 0 Å². The van der Waals surface area contributed by atoms with Gasteiger partial charge in [-0.1, -0.05) is 6.92 Å². The standard InChI is InChI=1S/C13H16N4O3S/c1-2-11(13-15-7-8-16-13)17-21(19,20)10-5-3-9(4-6-10)12(14)18/h3-8,11,17H,2H2,1H3,(H2,14,18)(H,15,16). The largest absolute Gasteiger partial charge is 0.366 e. The number of imidazole rings is 1. The fourth-order valence-electron chi connectivity index (χ4n) is 1.85. The summed E-state index contributed by atoms with van der Waals surface area (Å²) in [7, 11) is -3.70. The van der Waals surface area contributed by atoms with Crippen molar-refractivity contribution in [1.29, 1.82) is 0 Å². The lowest BCUT2D eigenvalue weighted by Gasteiger charge is -2.15. The smallest absolute Gasteiger partial charge is 0.248 e. The van der Waals surface area contributed by atoms with Crippen LogP contribution in [-0.4, -0.2) is 24.3 Å². The minimum atomic E-state index is -3.70. The van der Waals surface area contributed by atoms with Crippen LogP contribution in [0.4, 0.5) is 0 Å². The van der Waals surface area contributed by atoms with Crippen LogP contribution in [0, 0.1) is 0 Å². The van der Waals surface area contributed by atoms with E-state index in [1.165, 1.54) is 24.3 Å². The normalized spacial score (nSPS) is 13.0. The third-order valence-electron chi connectivity index (χ3n) is 3.00. The van der Waals surface area contributed by atoms with Crippen molar-refractivity contribution >= 4 is 15.9 Å². The molecule has 0 aliphatic heterocycles. The third kappa shape index (κ3) is 3.47. The Bertz CT molecular complexity index is 708. The molecule has 0 aliphatic carbocycles. The van der Waals surface area contributed by atoms with Crippen molar-refractivity contribution in [3.63, 3.8) is 0 Å². The number of hydrogen-bond donors (Lipinski definition) is 3. The van der Waals surface area contributed by atoms with E-state index in [0.29, 0.717) is 12.2 Å². The molecule has 0 radical (unpaired) electrons. The van der Waals surface area contributed by atoms with Gasteiger partial charge in [-0.25, -0.2) is 18.1 Å². The van der Waals surface area contributed by atoms with Crippen LogP contribution in [0.1, 0.15) is 35.6 Å². The molecular weight excluding hydrogens is 292 g/mol. The third-order valence-corrected chi connectivity index (χ3v) is 4.49. The maximum atomic E-state index is 12.3. The first-order valence-electron chi connectivity index (χ1n) is 6.35. The second-order valence-corrected chi connectivity index (χ2v) is 6.16. The summed E-state index contributed by atoms with van der Waals surface area (Å²) in [6.45, 7) is 1.85. The Balaban J connectivity index is 2.23. The minimum absolute atomic E-state index is 0.0671. The van der Waals surface area contributed by atoms with Crippen LogP contribution in [0.5, 0.6) is 0 Å². The Kier molecular flexibility index (Phi) is 4.39. The number of sulfonamides is 1. The Morgan fingerprint density at radius 3 is 2.52 bits per heavy atom. The molecule has 1 amide bonds. The number of aromatic amines is 1. The molecule has 4 N–H and O–H groups in total. The molecule has 112 valence electrons. The van der Waals surface area contributed by atoms with Crippen LogP contribution in [0.25, 0.3) is 0 Å². The van der Waals surface area contributed by atoms with Gasteiger partial charge in [0.05, 0.1) is 10.9 Å². The highest BCUT2D eigenvalue weighted by atomic mass is 32.2. The summed E-state index contributed by atoms with van der Waals surface area (Å²) in [6.07, 6.45) is 3.74. The summed E-state index contributed by atoms with van der Waals surface area (Å²) in [5.74, 6) is -0.0521. The highest BCUT2D eigenvalue weighted by Gasteiger charge is 2.21. The second-order valence-electron chi connectivity index (χ2n) is 4.45. The molecule has 0 bridgehead atoms. The predicted octanol–water partition coefficient (Wildman–Crippen LogP) is 0.938. The molecule has 2 aromatic rings. The molecule has 1 aromatic carbocycles. The van der Waals surface area contributed by atoms with E-state index in [0.717, 1.165) is 0 Å². The van der Waals surface area contributed by atoms with Crippen molar-refractivity contribution in [2.75, 3.05) is 0 Å². The number of nitrogens with two attached hydrogens (primary N) is 1. The predicted molar refractivity (Wildman–Crippen MR) is 76.9 cm³/mol. The number of benzene rings is 1. The van der Waals surface area contributed by atoms with E-state index in [9.17, 15) is 13.2 Å². The van der Waals surface area contributed by atoms with Gasteiger partial charge in [0.15, 0.2) is 0 Å². The van der Waals surface area contributed by atoms with E-state index in [2.05, 4.69) is 14.7 Å². The Morgan fingerprint density at radius 1 is 1.38 bits per heavy atom. The second kappa shape index (κ2) is 6.06. The van der Waals surface area contributed by atoms with Crippen molar-refractivity contribution in [2.24, 2.45) is 5.73 Å². The van der Waals surface area contributed by atoms with Crippen LogP contribution in [-0.2, 0) is 10.0 Å². The fraction of sp³-hybridized carbons (Fsp3) is 0.231. The zero-order valence-corrected chi connectivity index (χ0v) is 12.2. The maximum absolute atomic E-state index is 12.3. The van der Waals surface area contributed by atoms with Crippen LogP contribution in [0.3, 0.4) is 0 Å². The number of nitrogens with one attached hydrogen (secondary N) is 2. The van der Waals surface area contributed by atoms with Crippen molar-refractivity contribution in [3.8, 4) is 0 Å². The number of carbonyl (C=O) groups is 1. The molecule has 0 aliphatic rings. The lowest BCUT2D eigenvalue weighted by molar-refractivity contribution is 0.1000. The van der Waals surface area contributed by atoms with Gasteiger partial charge in [0.1, 0.15) is 5.82 Å². The molecule has 1 unspecified atom stereocenters. The van der Waals surface area contributed by atoms with Gasteiger partial charge >= 0.3 is 0 Å². The van der Waals surface area contributed by atoms with Gasteiger partial charge in [-0.2, -0.15) is 0 Å². The Labute approximate surface area is 122 Å². The quantitative estimate of drug-likeness (QED) is 0.735. The molecule has 0 saturated heterocycles. The van der Waals surface area contributed by atoms with Crippen LogP contribution < -0.4 is 10.5 Å². The molecule has 8 heteroatoms. The average Bonchev–Trinajstić information content (AvgIpc) is 2.99. The van der Waals surface area contributed by atoms with Gasteiger partial charge < -0.3 is 10.7 Å². The number of rotatable bonds is 6. The number of primary amides is 1. The fourth-order valence-corrected chi connectivity index (χ4v) is 3.14. The van der Waals surface area contributed by atoms with Gasteiger partial charge in [-0.15, -0.1) is 0 Å². The van der Waals surface area contributed by atoms with Crippen molar-refractivity contribution < 1.29 is 13.2 Å². The van der Waals surface area contributed by atoms with Crippen molar-refractivity contribution in [2.45, 2.75) is 24.3 Å². The summed E-state index contributed by atoms with van der Waals surface area (Å²) < 4.78 is 27.2. The Morgan fingerprint density at radius 2 is 2.05 bits per heavy atom. The molecule has 7 nitrogen and oxygen atoms in total. The van der Waals surface area contributed by atoms with E-state index in [1.807, 2.05) is 6.92 Å². The molecule has 1 atom stereocenters. The molecule has 2 rings (SSSR count). The summed E-state index contributed by atoms with van der Waals surface area (Å²) in [5.41, 5.74) is 5.38. The summed E-state index contributed by atoms with van der Waals surface area (Å²) in [4.78, 5) is 18.0. The molecule has 1 aromatic heterocycles. The van der Waals surface area contributed by atoms with Gasteiger partial charge in [-0.3, -0.25) is 4.79 Å². The maximum Gasteiger partial charge on any atom is 0.248 e. The number of aromatic nitrogens is 2. The van der Waals surface area contributed by atoms with E-state index < -0.39 is 22.0 Å². The SMILES string of the molecule is CCC(NS(=O)(=O)c1ccc(C(N)=O)cc1)c1ncc[nH]1. The molecule has 0 saturated carbocycles. The monoisotopic (exact) mass is 308 g/mol. The minimum Gasteiger partial charge on any atom is -0.366 e. The van der Waals surface area contributed by atoms with E-state index in [1.54, 1.807) is 12.4 Å². The molecule has 21 heavy (non-hydrogen) atoms. The van der Waals surface area contributed by atoms with Gasteiger partial charge in [-0.05, 0) is 30.7 Å². The first-order chi connectivity index (χ1) is 9.94. The number of amides is 1. The highest BCUT2D eigenvalue weighted by molar-refractivity contribution is 7.89. The number of hydrogen-bond acceptors (Lipinski definition) is 4. The molecular formula is C13H16N4O3S. The van der Waals surface area contributed by atoms with Gasteiger partial charge in [0, 0.05) is 18.0 Å². The van der Waals surface area contributed by atoms with Gasteiger partial charge in [0.2, 0.25) is 15.9 Å². The van der Waals surface area contributed by atoms with Crippen LogP contribution in [0.2, 0.25) is 0 Å². The zero-order chi connectivity index (χ0) is 15.5. The lowest BCUT2D eigenvalue weighted by atomic mass is 10.2. The van der Waals surface area contributed by atoms with Crippen LogP contribution in [0.15, 0.2) is 41.6 Å². The van der Waals surface area contributed by atoms with E-state index in [-0.39, 0.29) is 10.5 Å². The summed E-state index contributed by atoms with van der Waals surface area (Å²) in [6, 6.07) is 5.00. The first kappa shape index (κ1) is 15.2. The number of H-pyrrole nitrogens is 1. The topological polar surface area (TPSA) is 118 Å². The summed E-state index contributed by atoms with van der Waals surface area (Å²) in [5, 5.41) is 0. The molecule has 0 fully saturated rings. The average molecular weight is 308 g/mol. The summed E-state index contributed by atoms with van der Waals surface area (Å²) >= 11 is 0. The number of carbonyl (C=O) groups excluding carboxylic acids is 1. The molecule has 0 spiro atoms. The zero-order valence-electron chi connectivity index (χ0n) is 11.4. The van der Waals surface area contributed by atoms with E-state index in [4.69, 9.17) is 5.73 Å². The highest BCUT2D eigenvalue weighted by Crippen LogP contribution is 2.17. The molecule has 1 heterocycles. The van der Waals surface area contributed by atoms with E-state index >= 15 is 0 Å². The van der Waals surface area contributed by atoms with Crippen LogP contribution >= 0.6 is 0 Å². The Hall–Kier alpha value is -2.19. The lowest BCUT2D eigenvalue weighted by Crippen LogP contribution is -2.29. The first-order valence-corrected chi connectivity index (χ1v) is 7.84. The van der Waals surface area contributed by atoms with Crippen molar-refractivity contribution in [1.82, 2.24) is 14.7 Å². The number of nitrogens with zero attached hydrogens (tertiary/aromatic N) is 1.